The second-order valence-corrected chi connectivity index (χ2v) is 7.34. The van der Waals surface area contributed by atoms with Crippen molar-refractivity contribution in [1.29, 1.82) is 5.26 Å². The standard InChI is InChI=1S/C22H22ClN3O3/c1-15(29-20-8-4-3-7-16(20)14-24)21(27)25-19-13-17(23)9-10-18(19)22(28)26-11-5-2-6-12-26/h3-4,7-10,13,15H,2,5-6,11-12H2,1H3,(H,25,27). The number of halogens is 1. The highest BCUT2D eigenvalue weighted by atomic mass is 35.5. The summed E-state index contributed by atoms with van der Waals surface area (Å²) < 4.78 is 5.65. The molecule has 29 heavy (non-hydrogen) atoms. The van der Waals surface area contributed by atoms with Crippen LogP contribution in [0.2, 0.25) is 5.02 Å². The minimum Gasteiger partial charge on any atom is -0.480 e. The van der Waals surface area contributed by atoms with Gasteiger partial charge in [-0.1, -0.05) is 23.7 Å². The molecule has 1 fully saturated rings. The quantitative estimate of drug-likeness (QED) is 0.797. The Morgan fingerprint density at radius 2 is 1.90 bits per heavy atom. The van der Waals surface area contributed by atoms with Crippen molar-refractivity contribution in [2.45, 2.75) is 32.3 Å². The van der Waals surface area contributed by atoms with Crippen molar-refractivity contribution >= 4 is 29.1 Å². The summed E-state index contributed by atoms with van der Waals surface area (Å²) in [7, 11) is 0. The summed E-state index contributed by atoms with van der Waals surface area (Å²) in [5.74, 6) is -0.235. The fourth-order valence-electron chi connectivity index (χ4n) is 3.21. The first kappa shape index (κ1) is 20.7. The molecule has 0 aliphatic carbocycles. The van der Waals surface area contributed by atoms with Crippen molar-refractivity contribution < 1.29 is 14.3 Å². The highest BCUT2D eigenvalue weighted by Gasteiger charge is 2.23. The van der Waals surface area contributed by atoms with Gasteiger partial charge < -0.3 is 15.0 Å². The van der Waals surface area contributed by atoms with E-state index >= 15 is 0 Å². The van der Waals surface area contributed by atoms with Crippen LogP contribution in [0.3, 0.4) is 0 Å². The maximum Gasteiger partial charge on any atom is 0.265 e. The number of piperidine rings is 1. The fraction of sp³-hybridized carbons (Fsp3) is 0.318. The third kappa shape index (κ3) is 5.07. The van der Waals surface area contributed by atoms with Crippen LogP contribution < -0.4 is 10.1 Å². The summed E-state index contributed by atoms with van der Waals surface area (Å²) in [6, 6.07) is 13.6. The molecule has 0 radical (unpaired) electrons. The normalized spacial score (nSPS) is 14.6. The Morgan fingerprint density at radius 3 is 2.62 bits per heavy atom. The number of likely N-dealkylation sites (tertiary alicyclic amines) is 1. The van der Waals surface area contributed by atoms with Gasteiger partial charge >= 0.3 is 0 Å². The summed E-state index contributed by atoms with van der Waals surface area (Å²) in [6.45, 7) is 3.00. The monoisotopic (exact) mass is 411 g/mol. The van der Waals surface area contributed by atoms with Crippen LogP contribution in [-0.4, -0.2) is 35.9 Å². The first-order valence-electron chi connectivity index (χ1n) is 9.55. The molecular formula is C22H22ClN3O3. The Balaban J connectivity index is 1.76. The predicted molar refractivity (Wildman–Crippen MR) is 111 cm³/mol. The number of nitriles is 1. The van der Waals surface area contributed by atoms with Crippen LogP contribution >= 0.6 is 11.6 Å². The number of rotatable bonds is 5. The molecule has 1 unspecified atom stereocenters. The summed E-state index contributed by atoms with van der Waals surface area (Å²) in [5, 5.41) is 12.3. The molecule has 150 valence electrons. The van der Waals surface area contributed by atoms with Gasteiger partial charge in [0.2, 0.25) is 0 Å². The average Bonchev–Trinajstić information content (AvgIpc) is 2.74. The number of hydrogen-bond acceptors (Lipinski definition) is 4. The minimum absolute atomic E-state index is 0.125. The van der Waals surface area contributed by atoms with E-state index in [9.17, 15) is 9.59 Å². The molecule has 6 nitrogen and oxygen atoms in total. The molecule has 0 saturated carbocycles. The largest absolute Gasteiger partial charge is 0.480 e. The molecule has 1 atom stereocenters. The number of nitrogens with zero attached hydrogens (tertiary/aromatic N) is 2. The first-order valence-corrected chi connectivity index (χ1v) is 9.93. The fourth-order valence-corrected chi connectivity index (χ4v) is 3.39. The molecule has 1 aliphatic heterocycles. The topological polar surface area (TPSA) is 82.4 Å². The van der Waals surface area contributed by atoms with Gasteiger partial charge in [-0.3, -0.25) is 9.59 Å². The minimum atomic E-state index is -0.874. The van der Waals surface area contributed by atoms with Gasteiger partial charge in [-0.2, -0.15) is 5.26 Å². The van der Waals surface area contributed by atoms with Crippen LogP contribution in [0.1, 0.15) is 42.1 Å². The van der Waals surface area contributed by atoms with Crippen LogP contribution in [0, 0.1) is 11.3 Å². The molecule has 2 aromatic carbocycles. The molecule has 1 N–H and O–H groups in total. The lowest BCUT2D eigenvalue weighted by Crippen LogP contribution is -2.36. The van der Waals surface area contributed by atoms with Gasteiger partial charge in [-0.05, 0) is 56.5 Å². The smallest absolute Gasteiger partial charge is 0.265 e. The van der Waals surface area contributed by atoms with Gasteiger partial charge in [0.25, 0.3) is 11.8 Å². The maximum atomic E-state index is 12.9. The van der Waals surface area contributed by atoms with Crippen molar-refractivity contribution in [2.24, 2.45) is 0 Å². The molecule has 0 aromatic heterocycles. The maximum absolute atomic E-state index is 12.9. The van der Waals surface area contributed by atoms with E-state index < -0.39 is 12.0 Å². The van der Waals surface area contributed by atoms with Gasteiger partial charge in [0.05, 0.1) is 16.8 Å². The number of benzene rings is 2. The number of para-hydroxylation sites is 1. The molecule has 2 aromatic rings. The van der Waals surface area contributed by atoms with Gasteiger partial charge in [0.1, 0.15) is 11.8 Å². The Labute approximate surface area is 175 Å². The van der Waals surface area contributed by atoms with Crippen molar-refractivity contribution in [3.05, 3.63) is 58.6 Å². The van der Waals surface area contributed by atoms with E-state index in [1.165, 1.54) is 0 Å². The first-order chi connectivity index (χ1) is 14.0. The molecule has 3 rings (SSSR count). The average molecular weight is 412 g/mol. The molecule has 1 saturated heterocycles. The Morgan fingerprint density at radius 1 is 1.17 bits per heavy atom. The second-order valence-electron chi connectivity index (χ2n) is 6.90. The van der Waals surface area contributed by atoms with E-state index in [1.807, 2.05) is 6.07 Å². The van der Waals surface area contributed by atoms with Crippen LogP contribution in [0.15, 0.2) is 42.5 Å². The van der Waals surface area contributed by atoms with Crippen molar-refractivity contribution in [2.75, 3.05) is 18.4 Å². The Kier molecular flexibility index (Phi) is 6.73. The zero-order chi connectivity index (χ0) is 20.8. The molecule has 0 bridgehead atoms. The van der Waals surface area contributed by atoms with Gasteiger partial charge in [-0.25, -0.2) is 0 Å². The van der Waals surface area contributed by atoms with E-state index in [0.717, 1.165) is 19.3 Å². The molecule has 7 heteroatoms. The lowest BCUT2D eigenvalue weighted by atomic mass is 10.1. The van der Waals surface area contributed by atoms with E-state index in [4.69, 9.17) is 21.6 Å². The van der Waals surface area contributed by atoms with E-state index in [1.54, 1.807) is 54.3 Å². The van der Waals surface area contributed by atoms with Crippen molar-refractivity contribution in [1.82, 2.24) is 4.90 Å². The summed E-state index contributed by atoms with van der Waals surface area (Å²) >= 11 is 6.10. The number of nitrogens with one attached hydrogen (secondary N) is 1. The summed E-state index contributed by atoms with van der Waals surface area (Å²) in [5.41, 5.74) is 1.09. The molecule has 1 aliphatic rings. The van der Waals surface area contributed by atoms with E-state index in [0.29, 0.717) is 40.7 Å². The Bertz CT molecular complexity index is 949. The van der Waals surface area contributed by atoms with Gasteiger partial charge in [0.15, 0.2) is 6.10 Å². The number of ether oxygens (including phenoxy) is 1. The van der Waals surface area contributed by atoms with E-state index in [-0.39, 0.29) is 5.91 Å². The predicted octanol–water partition coefficient (Wildman–Crippen LogP) is 4.24. The molecule has 1 heterocycles. The number of anilines is 1. The Hall–Kier alpha value is -3.04. The number of hydrogen-bond donors (Lipinski definition) is 1. The van der Waals surface area contributed by atoms with Crippen molar-refractivity contribution in [3.8, 4) is 11.8 Å². The zero-order valence-corrected chi connectivity index (χ0v) is 16.9. The van der Waals surface area contributed by atoms with Crippen LogP contribution in [0.25, 0.3) is 0 Å². The number of carbonyl (C=O) groups is 2. The highest BCUT2D eigenvalue weighted by molar-refractivity contribution is 6.31. The van der Waals surface area contributed by atoms with Gasteiger partial charge in [-0.15, -0.1) is 0 Å². The van der Waals surface area contributed by atoms with Crippen LogP contribution in [0.5, 0.6) is 5.75 Å². The summed E-state index contributed by atoms with van der Waals surface area (Å²) in [6.07, 6.45) is 2.20. The molecule has 0 spiro atoms. The molecule has 2 amide bonds. The second kappa shape index (κ2) is 9.44. The van der Waals surface area contributed by atoms with Gasteiger partial charge in [0, 0.05) is 18.1 Å². The third-order valence-electron chi connectivity index (χ3n) is 4.79. The number of carbonyl (C=O) groups excluding carboxylic acids is 2. The van der Waals surface area contributed by atoms with Crippen molar-refractivity contribution in [3.63, 3.8) is 0 Å². The zero-order valence-electron chi connectivity index (χ0n) is 16.2. The van der Waals surface area contributed by atoms with Crippen LogP contribution in [-0.2, 0) is 4.79 Å². The lowest BCUT2D eigenvalue weighted by molar-refractivity contribution is -0.122. The number of amides is 2. The molecular weight excluding hydrogens is 390 g/mol. The van der Waals surface area contributed by atoms with Crippen LogP contribution in [0.4, 0.5) is 5.69 Å². The summed E-state index contributed by atoms with van der Waals surface area (Å²) in [4.78, 5) is 27.4. The SMILES string of the molecule is CC(Oc1ccccc1C#N)C(=O)Nc1cc(Cl)ccc1C(=O)N1CCCCC1. The lowest BCUT2D eigenvalue weighted by Gasteiger charge is -2.27. The highest BCUT2D eigenvalue weighted by Crippen LogP contribution is 2.25. The van der Waals surface area contributed by atoms with E-state index in [2.05, 4.69) is 5.32 Å². The third-order valence-corrected chi connectivity index (χ3v) is 5.03.